The molecule has 0 aromatic heterocycles. The number of rotatable bonds is 5. The predicted molar refractivity (Wildman–Crippen MR) is 75.2 cm³/mol. The molecule has 0 aliphatic heterocycles. The van der Waals surface area contributed by atoms with E-state index in [-0.39, 0.29) is 17.6 Å². The largest absolute Gasteiger partial charge is 0.469 e. The maximum Gasteiger partial charge on any atom is 0.310 e. The second-order valence-electron chi connectivity index (χ2n) is 4.19. The number of hydrogen-bond donors (Lipinski definition) is 0. The molecule has 0 saturated carbocycles. The van der Waals surface area contributed by atoms with Crippen LogP contribution in [0, 0.1) is 16.0 Å². The molecule has 1 aromatic carbocycles. The lowest BCUT2D eigenvalue weighted by atomic mass is 10.1. The summed E-state index contributed by atoms with van der Waals surface area (Å²) >= 11 is 3.28. The second kappa shape index (κ2) is 6.51. The maximum absolute atomic E-state index is 11.4. The summed E-state index contributed by atoms with van der Waals surface area (Å²) in [5.41, 5.74) is 0.456. The van der Waals surface area contributed by atoms with Crippen molar-refractivity contribution in [2.75, 3.05) is 25.6 Å². The van der Waals surface area contributed by atoms with Gasteiger partial charge in [-0.2, -0.15) is 0 Å². The average Bonchev–Trinajstić information content (AvgIpc) is 2.36. The van der Waals surface area contributed by atoms with Crippen LogP contribution < -0.4 is 4.90 Å². The van der Waals surface area contributed by atoms with Crippen molar-refractivity contribution in [1.82, 2.24) is 0 Å². The molecule has 0 amide bonds. The number of carbonyl (C=O) groups excluding carboxylic acids is 1. The van der Waals surface area contributed by atoms with Crippen LogP contribution in [0.3, 0.4) is 0 Å². The summed E-state index contributed by atoms with van der Waals surface area (Å²) in [5.74, 6) is -0.710. The topological polar surface area (TPSA) is 72.7 Å². The van der Waals surface area contributed by atoms with Gasteiger partial charge in [-0.1, -0.05) is 22.9 Å². The Balaban J connectivity index is 2.98. The Kier molecular flexibility index (Phi) is 5.29. The van der Waals surface area contributed by atoms with Gasteiger partial charge in [0.2, 0.25) is 0 Å². The molecule has 0 aliphatic rings. The highest BCUT2D eigenvalue weighted by atomic mass is 79.9. The van der Waals surface area contributed by atoms with E-state index in [2.05, 4.69) is 20.7 Å². The summed E-state index contributed by atoms with van der Waals surface area (Å²) in [4.78, 5) is 23.6. The first kappa shape index (κ1) is 15.4. The van der Waals surface area contributed by atoms with E-state index >= 15 is 0 Å². The molecular weight excluding hydrogens is 316 g/mol. The fraction of sp³-hybridized carbons (Fsp3) is 0.417. The Morgan fingerprint density at radius 3 is 2.74 bits per heavy atom. The Morgan fingerprint density at radius 2 is 2.21 bits per heavy atom. The second-order valence-corrected chi connectivity index (χ2v) is 5.11. The van der Waals surface area contributed by atoms with Crippen molar-refractivity contribution < 1.29 is 14.5 Å². The zero-order chi connectivity index (χ0) is 14.6. The molecule has 0 aliphatic carbocycles. The number of carbonyl (C=O) groups is 1. The molecule has 0 bridgehead atoms. The molecule has 7 heteroatoms. The molecule has 104 valence electrons. The van der Waals surface area contributed by atoms with E-state index in [4.69, 9.17) is 0 Å². The van der Waals surface area contributed by atoms with Crippen molar-refractivity contribution >= 4 is 33.3 Å². The molecule has 1 rings (SSSR count). The van der Waals surface area contributed by atoms with E-state index in [1.54, 1.807) is 31.0 Å². The normalized spacial score (nSPS) is 11.8. The molecule has 1 unspecified atom stereocenters. The Labute approximate surface area is 119 Å². The monoisotopic (exact) mass is 330 g/mol. The summed E-state index contributed by atoms with van der Waals surface area (Å²) in [6.07, 6.45) is 0. The van der Waals surface area contributed by atoms with Gasteiger partial charge in [0, 0.05) is 24.1 Å². The van der Waals surface area contributed by atoms with Gasteiger partial charge < -0.3 is 9.64 Å². The lowest BCUT2D eigenvalue weighted by molar-refractivity contribution is -0.384. The zero-order valence-electron chi connectivity index (χ0n) is 10.9. The molecule has 0 radical (unpaired) electrons. The highest BCUT2D eigenvalue weighted by Gasteiger charge is 2.21. The molecule has 1 atom stereocenters. The first-order valence-electron chi connectivity index (χ1n) is 5.59. The average molecular weight is 331 g/mol. The summed E-state index contributed by atoms with van der Waals surface area (Å²) in [6, 6.07) is 4.69. The van der Waals surface area contributed by atoms with Gasteiger partial charge in [0.15, 0.2) is 0 Å². The minimum atomic E-state index is -0.443. The van der Waals surface area contributed by atoms with E-state index < -0.39 is 4.92 Å². The minimum Gasteiger partial charge on any atom is -0.469 e. The highest BCUT2D eigenvalue weighted by Crippen LogP contribution is 2.30. The smallest absolute Gasteiger partial charge is 0.310 e. The van der Waals surface area contributed by atoms with Crippen molar-refractivity contribution in [3.8, 4) is 0 Å². The van der Waals surface area contributed by atoms with E-state index in [9.17, 15) is 14.9 Å². The van der Waals surface area contributed by atoms with E-state index in [0.717, 1.165) is 4.47 Å². The first-order valence-corrected chi connectivity index (χ1v) is 6.39. The lowest BCUT2D eigenvalue weighted by Gasteiger charge is -2.22. The van der Waals surface area contributed by atoms with Gasteiger partial charge in [-0.15, -0.1) is 0 Å². The van der Waals surface area contributed by atoms with Gasteiger partial charge in [0.05, 0.1) is 18.0 Å². The summed E-state index contributed by atoms with van der Waals surface area (Å²) in [5, 5.41) is 11.0. The van der Waals surface area contributed by atoms with Gasteiger partial charge in [-0.3, -0.25) is 14.9 Å². The number of nitro benzene ring substituents is 1. The van der Waals surface area contributed by atoms with Gasteiger partial charge in [-0.25, -0.2) is 0 Å². The third-order valence-corrected chi connectivity index (χ3v) is 3.19. The van der Waals surface area contributed by atoms with Gasteiger partial charge >= 0.3 is 5.97 Å². The van der Waals surface area contributed by atoms with E-state index in [1.165, 1.54) is 13.2 Å². The number of nitrogens with zero attached hydrogens (tertiary/aromatic N) is 2. The molecule has 0 saturated heterocycles. The maximum atomic E-state index is 11.4. The number of methoxy groups -OCH3 is 1. The number of ether oxygens (including phenoxy) is 1. The standard InChI is InChI=1S/C12H15BrN2O4/c1-8(12(16)19-3)7-14(2)11-6-9(13)4-5-10(11)15(17)18/h4-6,8H,7H2,1-3H3. The number of halogens is 1. The molecule has 0 fully saturated rings. The summed E-state index contributed by atoms with van der Waals surface area (Å²) in [6.45, 7) is 2.05. The van der Waals surface area contributed by atoms with Gasteiger partial charge in [0.25, 0.3) is 5.69 Å². The third kappa shape index (κ3) is 3.92. The van der Waals surface area contributed by atoms with Crippen LogP contribution in [0.15, 0.2) is 22.7 Å². The number of anilines is 1. The SMILES string of the molecule is COC(=O)C(C)CN(C)c1cc(Br)ccc1[N+](=O)[O-]. The quantitative estimate of drug-likeness (QED) is 0.471. The van der Waals surface area contributed by atoms with Crippen LogP contribution in [0.4, 0.5) is 11.4 Å². The Morgan fingerprint density at radius 1 is 1.58 bits per heavy atom. The van der Waals surface area contributed by atoms with Crippen molar-refractivity contribution in [3.05, 3.63) is 32.8 Å². The molecule has 0 spiro atoms. The Bertz CT molecular complexity index is 493. The van der Waals surface area contributed by atoms with Crippen LogP contribution in [0.2, 0.25) is 0 Å². The van der Waals surface area contributed by atoms with Crippen LogP contribution in [0.1, 0.15) is 6.92 Å². The lowest BCUT2D eigenvalue weighted by Crippen LogP contribution is -2.29. The Hall–Kier alpha value is -1.63. The molecule has 1 aromatic rings. The molecule has 19 heavy (non-hydrogen) atoms. The summed E-state index contributed by atoms with van der Waals surface area (Å²) < 4.78 is 5.38. The van der Waals surface area contributed by atoms with Crippen LogP contribution in [0.25, 0.3) is 0 Å². The van der Waals surface area contributed by atoms with Crippen molar-refractivity contribution in [2.24, 2.45) is 5.92 Å². The van der Waals surface area contributed by atoms with Crippen LogP contribution in [-0.4, -0.2) is 31.6 Å². The van der Waals surface area contributed by atoms with Crippen molar-refractivity contribution in [2.45, 2.75) is 6.92 Å². The zero-order valence-corrected chi connectivity index (χ0v) is 12.5. The third-order valence-electron chi connectivity index (χ3n) is 2.70. The fourth-order valence-electron chi connectivity index (χ4n) is 1.74. The fourth-order valence-corrected chi connectivity index (χ4v) is 2.09. The number of benzene rings is 1. The predicted octanol–water partition coefficient (Wildman–Crippen LogP) is 2.60. The molecule has 0 N–H and O–H groups in total. The molecular formula is C12H15BrN2O4. The molecule has 0 heterocycles. The highest BCUT2D eigenvalue weighted by molar-refractivity contribution is 9.10. The number of esters is 1. The molecule has 6 nitrogen and oxygen atoms in total. The first-order chi connectivity index (χ1) is 8.86. The van der Waals surface area contributed by atoms with Crippen molar-refractivity contribution in [1.29, 1.82) is 0 Å². The minimum absolute atomic E-state index is 0.00256. The van der Waals surface area contributed by atoms with E-state index in [0.29, 0.717) is 12.2 Å². The van der Waals surface area contributed by atoms with Gasteiger partial charge in [-0.05, 0) is 12.1 Å². The number of hydrogen-bond acceptors (Lipinski definition) is 5. The van der Waals surface area contributed by atoms with Crippen LogP contribution in [0.5, 0.6) is 0 Å². The van der Waals surface area contributed by atoms with E-state index in [1.807, 2.05) is 0 Å². The number of nitro groups is 1. The van der Waals surface area contributed by atoms with Gasteiger partial charge in [0.1, 0.15) is 5.69 Å². The van der Waals surface area contributed by atoms with Crippen LogP contribution in [-0.2, 0) is 9.53 Å². The van der Waals surface area contributed by atoms with Crippen molar-refractivity contribution in [3.63, 3.8) is 0 Å². The summed E-state index contributed by atoms with van der Waals surface area (Å²) in [7, 11) is 3.02. The van der Waals surface area contributed by atoms with Crippen LogP contribution >= 0.6 is 15.9 Å².